The number of aliphatic hydroxyl groups is 1. The van der Waals surface area contributed by atoms with E-state index < -0.39 is 0 Å². The number of aliphatic hydroxyl groups excluding tert-OH is 1. The highest BCUT2D eigenvalue weighted by atomic mass is 35.5. The molecule has 0 radical (unpaired) electrons. The lowest BCUT2D eigenvalue weighted by molar-refractivity contribution is 0.296. The van der Waals surface area contributed by atoms with Crippen LogP contribution in [0.5, 0.6) is 0 Å². The van der Waals surface area contributed by atoms with Crippen LogP contribution < -0.4 is 0 Å². The Morgan fingerprint density at radius 1 is 1.47 bits per heavy atom. The molecule has 17 heavy (non-hydrogen) atoms. The molecular formula is C10H13ClN4OS. The van der Waals surface area contributed by atoms with Gasteiger partial charge in [-0.3, -0.25) is 4.68 Å². The van der Waals surface area contributed by atoms with Gasteiger partial charge in [-0.05, 0) is 12.2 Å². The van der Waals surface area contributed by atoms with Crippen LogP contribution in [0, 0.1) is 0 Å². The predicted octanol–water partition coefficient (Wildman–Crippen LogP) is 1.63. The van der Waals surface area contributed by atoms with E-state index in [9.17, 15) is 0 Å². The van der Waals surface area contributed by atoms with Crippen molar-refractivity contribution in [3.63, 3.8) is 0 Å². The molecule has 0 amide bonds. The summed E-state index contributed by atoms with van der Waals surface area (Å²) >= 11 is 7.75. The van der Waals surface area contributed by atoms with Crippen molar-refractivity contribution in [2.45, 2.75) is 12.2 Å². The molecule has 0 aliphatic heterocycles. The third kappa shape index (κ3) is 2.88. The third-order valence-corrected chi connectivity index (χ3v) is 3.60. The number of nitrogens with zero attached hydrogens (tertiary/aromatic N) is 4. The largest absolute Gasteiger partial charge is 0.396 e. The first-order valence-electron chi connectivity index (χ1n) is 5.25. The van der Waals surface area contributed by atoms with Gasteiger partial charge in [0, 0.05) is 13.7 Å². The van der Waals surface area contributed by atoms with Gasteiger partial charge in [0.25, 0.3) is 0 Å². The van der Waals surface area contributed by atoms with Crippen molar-refractivity contribution in [2.75, 3.05) is 12.4 Å². The Bertz CT molecular complexity index is 516. The molecule has 0 aromatic carbocycles. The average molecular weight is 273 g/mol. The lowest BCUT2D eigenvalue weighted by atomic mass is 10.4. The molecule has 0 saturated heterocycles. The Hall–Kier alpha value is -0.850. The number of rotatable bonds is 5. The van der Waals surface area contributed by atoms with E-state index in [2.05, 4.69) is 15.1 Å². The molecule has 0 unspecified atom stereocenters. The summed E-state index contributed by atoms with van der Waals surface area (Å²) in [7, 11) is 1.83. The number of aryl methyl sites for hydroxylation is 1. The van der Waals surface area contributed by atoms with Crippen LogP contribution in [0.2, 0.25) is 5.15 Å². The summed E-state index contributed by atoms with van der Waals surface area (Å²) in [6.45, 7) is 0.218. The molecule has 0 aliphatic carbocycles. The minimum atomic E-state index is 0.218. The zero-order chi connectivity index (χ0) is 12.3. The molecule has 0 saturated carbocycles. The van der Waals surface area contributed by atoms with E-state index >= 15 is 0 Å². The fraction of sp³-hybridized carbons (Fsp3) is 0.500. The first-order chi connectivity index (χ1) is 8.22. The van der Waals surface area contributed by atoms with E-state index in [4.69, 9.17) is 16.7 Å². The number of aromatic nitrogens is 4. The van der Waals surface area contributed by atoms with E-state index in [1.165, 1.54) is 0 Å². The second-order valence-electron chi connectivity index (χ2n) is 3.57. The molecule has 5 nitrogen and oxygen atoms in total. The topological polar surface area (TPSA) is 63.8 Å². The Balaban J connectivity index is 2.15. The number of hydrogen-bond donors (Lipinski definition) is 1. The quantitative estimate of drug-likeness (QED) is 0.662. The lowest BCUT2D eigenvalue weighted by Gasteiger charge is -2.02. The van der Waals surface area contributed by atoms with Crippen LogP contribution in [0.1, 0.15) is 12.2 Å². The van der Waals surface area contributed by atoms with Gasteiger partial charge in [0.15, 0.2) is 5.65 Å². The molecule has 2 rings (SSSR count). The van der Waals surface area contributed by atoms with Gasteiger partial charge in [-0.15, -0.1) is 0 Å². The molecule has 0 spiro atoms. The van der Waals surface area contributed by atoms with Gasteiger partial charge in [0.1, 0.15) is 11.0 Å². The zero-order valence-corrected chi connectivity index (χ0v) is 11.0. The van der Waals surface area contributed by atoms with Crippen LogP contribution in [-0.4, -0.2) is 37.2 Å². The molecule has 2 heterocycles. The normalized spacial score (nSPS) is 11.2. The monoisotopic (exact) mass is 272 g/mol. The second kappa shape index (κ2) is 5.66. The fourth-order valence-electron chi connectivity index (χ4n) is 1.42. The molecule has 0 bridgehead atoms. The van der Waals surface area contributed by atoms with Crippen LogP contribution in [0.15, 0.2) is 6.20 Å². The van der Waals surface area contributed by atoms with Gasteiger partial charge in [-0.1, -0.05) is 11.6 Å². The summed E-state index contributed by atoms with van der Waals surface area (Å²) in [5.41, 5.74) is 0.753. The second-order valence-corrected chi connectivity index (χ2v) is 5.03. The molecule has 0 aliphatic rings. The molecule has 0 fully saturated rings. The zero-order valence-electron chi connectivity index (χ0n) is 9.43. The summed E-state index contributed by atoms with van der Waals surface area (Å²) in [6.07, 6.45) is 2.45. The maximum absolute atomic E-state index is 8.68. The smallest absolute Gasteiger partial charge is 0.162 e. The van der Waals surface area contributed by atoms with Crippen LogP contribution >= 0.6 is 23.4 Å². The van der Waals surface area contributed by atoms with Crippen molar-refractivity contribution in [2.24, 2.45) is 7.05 Å². The first-order valence-corrected chi connectivity index (χ1v) is 6.78. The number of thioether (sulfide) groups is 1. The first kappa shape index (κ1) is 12.6. The van der Waals surface area contributed by atoms with E-state index in [0.29, 0.717) is 16.7 Å². The highest BCUT2D eigenvalue weighted by Crippen LogP contribution is 2.21. The Morgan fingerprint density at radius 2 is 2.29 bits per heavy atom. The molecule has 7 heteroatoms. The minimum absolute atomic E-state index is 0.218. The average Bonchev–Trinajstić information content (AvgIpc) is 2.68. The van der Waals surface area contributed by atoms with Crippen molar-refractivity contribution in [1.82, 2.24) is 19.7 Å². The summed E-state index contributed by atoms with van der Waals surface area (Å²) in [5, 5.41) is 14.0. The van der Waals surface area contributed by atoms with Crippen LogP contribution in [0.4, 0.5) is 0 Å². The number of fused-ring (bicyclic) bond motifs is 1. The third-order valence-electron chi connectivity index (χ3n) is 2.27. The van der Waals surface area contributed by atoms with Crippen molar-refractivity contribution in [1.29, 1.82) is 0 Å². The van der Waals surface area contributed by atoms with Gasteiger partial charge in [0.05, 0.1) is 17.3 Å². The maximum Gasteiger partial charge on any atom is 0.162 e. The molecular weight excluding hydrogens is 260 g/mol. The van der Waals surface area contributed by atoms with Gasteiger partial charge in [0.2, 0.25) is 0 Å². The highest BCUT2D eigenvalue weighted by Gasteiger charge is 2.09. The standard InChI is InChI=1S/C10H13ClN4OS/c1-15-10-7(5-12-15)9(11)13-8(14-10)6-17-4-2-3-16/h5,16H,2-4,6H2,1H3. The highest BCUT2D eigenvalue weighted by molar-refractivity contribution is 7.98. The van der Waals surface area contributed by atoms with E-state index in [1.54, 1.807) is 22.6 Å². The van der Waals surface area contributed by atoms with E-state index in [-0.39, 0.29) is 6.61 Å². The molecule has 1 N–H and O–H groups in total. The van der Waals surface area contributed by atoms with Gasteiger partial charge < -0.3 is 5.11 Å². The van der Waals surface area contributed by atoms with Crippen LogP contribution in [0.3, 0.4) is 0 Å². The molecule has 92 valence electrons. The molecule has 2 aromatic heterocycles. The maximum atomic E-state index is 8.68. The number of hydrogen-bond acceptors (Lipinski definition) is 5. The van der Waals surface area contributed by atoms with Gasteiger partial charge >= 0.3 is 0 Å². The van der Waals surface area contributed by atoms with Gasteiger partial charge in [-0.2, -0.15) is 16.9 Å². The minimum Gasteiger partial charge on any atom is -0.396 e. The molecule has 0 atom stereocenters. The summed E-state index contributed by atoms with van der Waals surface area (Å²) in [5.74, 6) is 2.29. The lowest BCUT2D eigenvalue weighted by Crippen LogP contribution is -1.99. The van der Waals surface area contributed by atoms with Crippen molar-refractivity contribution < 1.29 is 5.11 Å². The van der Waals surface area contributed by atoms with Crippen molar-refractivity contribution in [3.05, 3.63) is 17.2 Å². The number of halogens is 1. The Kier molecular flexibility index (Phi) is 4.20. The Labute approximate surface area is 108 Å². The van der Waals surface area contributed by atoms with E-state index in [0.717, 1.165) is 23.2 Å². The fourth-order valence-corrected chi connectivity index (χ4v) is 2.44. The van der Waals surface area contributed by atoms with Crippen molar-refractivity contribution in [3.8, 4) is 0 Å². The summed E-state index contributed by atoms with van der Waals surface area (Å²) in [4.78, 5) is 8.64. The summed E-state index contributed by atoms with van der Waals surface area (Å²) in [6, 6.07) is 0. The van der Waals surface area contributed by atoms with Crippen molar-refractivity contribution >= 4 is 34.4 Å². The van der Waals surface area contributed by atoms with Crippen LogP contribution in [-0.2, 0) is 12.8 Å². The van der Waals surface area contributed by atoms with Crippen LogP contribution in [0.25, 0.3) is 11.0 Å². The van der Waals surface area contributed by atoms with Gasteiger partial charge in [-0.25, -0.2) is 9.97 Å². The SMILES string of the molecule is Cn1ncc2c(Cl)nc(CSCCCO)nc21. The predicted molar refractivity (Wildman–Crippen MR) is 69.2 cm³/mol. The summed E-state index contributed by atoms with van der Waals surface area (Å²) < 4.78 is 1.69. The Morgan fingerprint density at radius 3 is 3.06 bits per heavy atom. The molecule has 2 aromatic rings. The van der Waals surface area contributed by atoms with E-state index in [1.807, 2.05) is 7.05 Å².